The molecular formula is C19H23BrF3N3O2. The summed E-state index contributed by atoms with van der Waals surface area (Å²) < 4.78 is 39.4. The smallest absolute Gasteiger partial charge is 0.391 e. The van der Waals surface area contributed by atoms with E-state index in [1.165, 1.54) is 17.0 Å². The average Bonchev–Trinajstić information content (AvgIpc) is 3.08. The van der Waals surface area contributed by atoms with E-state index in [4.69, 9.17) is 4.84 Å². The number of rotatable bonds is 4. The molecule has 0 radical (unpaired) electrons. The average molecular weight is 462 g/mol. The minimum absolute atomic E-state index is 0.0468. The highest BCUT2D eigenvalue weighted by Crippen LogP contribution is 2.35. The summed E-state index contributed by atoms with van der Waals surface area (Å²) >= 11 is 3.35. The SMILES string of the molecule is CN(C)C(=O)C(c1ccc(C(F)(F)F)cc1)N1CCC([C@H]2CC(Br)=NO2)CC1. The van der Waals surface area contributed by atoms with Crippen LogP contribution in [-0.4, -0.2) is 53.6 Å². The van der Waals surface area contributed by atoms with Crippen LogP contribution in [0.25, 0.3) is 0 Å². The molecule has 2 aliphatic heterocycles. The number of piperidine rings is 1. The van der Waals surface area contributed by atoms with Crippen molar-refractivity contribution in [2.24, 2.45) is 11.1 Å². The Kier molecular flexibility index (Phi) is 6.34. The summed E-state index contributed by atoms with van der Waals surface area (Å²) in [6.07, 6.45) is -1.90. The van der Waals surface area contributed by atoms with E-state index >= 15 is 0 Å². The molecule has 2 heterocycles. The fourth-order valence-corrected chi connectivity index (χ4v) is 4.18. The van der Waals surface area contributed by atoms with Gasteiger partial charge in [0, 0.05) is 26.4 Å². The van der Waals surface area contributed by atoms with E-state index in [0.29, 0.717) is 24.6 Å². The summed E-state index contributed by atoms with van der Waals surface area (Å²) in [5.41, 5.74) is -0.136. The molecule has 1 fully saturated rings. The van der Waals surface area contributed by atoms with E-state index < -0.39 is 17.8 Å². The molecule has 0 bridgehead atoms. The Morgan fingerprint density at radius 2 is 1.86 bits per heavy atom. The second kappa shape index (κ2) is 8.41. The van der Waals surface area contributed by atoms with Crippen LogP contribution in [0.2, 0.25) is 0 Å². The van der Waals surface area contributed by atoms with Gasteiger partial charge in [-0.25, -0.2) is 0 Å². The number of amides is 1. The normalized spacial score (nSPS) is 22.5. The third-order valence-corrected chi connectivity index (χ3v) is 5.82. The second-order valence-corrected chi connectivity index (χ2v) is 8.36. The van der Waals surface area contributed by atoms with Crippen molar-refractivity contribution in [3.63, 3.8) is 0 Å². The minimum atomic E-state index is -4.39. The summed E-state index contributed by atoms with van der Waals surface area (Å²) in [6, 6.07) is 4.31. The fraction of sp³-hybridized carbons (Fsp3) is 0.579. The van der Waals surface area contributed by atoms with Crippen LogP contribution in [0.4, 0.5) is 13.2 Å². The number of oxime groups is 1. The summed E-state index contributed by atoms with van der Waals surface area (Å²) in [5.74, 6) is 0.208. The number of hydrogen-bond acceptors (Lipinski definition) is 4. The van der Waals surface area contributed by atoms with Gasteiger partial charge in [0.05, 0.1) is 5.56 Å². The van der Waals surface area contributed by atoms with Crippen LogP contribution in [0, 0.1) is 5.92 Å². The van der Waals surface area contributed by atoms with Crippen molar-refractivity contribution >= 4 is 26.5 Å². The van der Waals surface area contributed by atoms with Crippen molar-refractivity contribution in [2.75, 3.05) is 27.2 Å². The van der Waals surface area contributed by atoms with Gasteiger partial charge in [-0.3, -0.25) is 9.69 Å². The maximum absolute atomic E-state index is 12.9. The van der Waals surface area contributed by atoms with E-state index in [1.807, 2.05) is 4.90 Å². The number of alkyl halides is 3. The lowest BCUT2D eigenvalue weighted by molar-refractivity contribution is -0.137. The van der Waals surface area contributed by atoms with Crippen molar-refractivity contribution in [3.8, 4) is 0 Å². The highest BCUT2D eigenvalue weighted by atomic mass is 79.9. The van der Waals surface area contributed by atoms with Gasteiger partial charge in [0.2, 0.25) is 5.91 Å². The molecule has 28 heavy (non-hydrogen) atoms. The van der Waals surface area contributed by atoms with Crippen LogP contribution in [0.5, 0.6) is 0 Å². The van der Waals surface area contributed by atoms with Crippen molar-refractivity contribution in [3.05, 3.63) is 35.4 Å². The first-order valence-corrected chi connectivity index (χ1v) is 9.96. The molecule has 1 saturated heterocycles. The molecule has 0 saturated carbocycles. The maximum atomic E-state index is 12.9. The van der Waals surface area contributed by atoms with E-state index in [2.05, 4.69) is 21.1 Å². The molecule has 0 spiro atoms. The van der Waals surface area contributed by atoms with Gasteiger partial charge in [0.1, 0.15) is 16.8 Å². The van der Waals surface area contributed by atoms with E-state index in [-0.39, 0.29) is 12.0 Å². The van der Waals surface area contributed by atoms with Gasteiger partial charge in [0.25, 0.3) is 0 Å². The van der Waals surface area contributed by atoms with Gasteiger partial charge in [-0.15, -0.1) is 0 Å². The number of carbonyl (C=O) groups excluding carboxylic acids is 1. The van der Waals surface area contributed by atoms with Crippen LogP contribution >= 0.6 is 15.9 Å². The standard InChI is InChI=1S/C19H23BrF3N3O2/c1-25(2)18(27)17(13-3-5-14(6-4-13)19(21,22)23)26-9-7-12(8-10-26)15-11-16(20)24-28-15/h3-6,12,15,17H,7-11H2,1-2H3/t15-,17?/m1/s1. The number of likely N-dealkylation sites (N-methyl/N-ethyl adjacent to an activating group) is 1. The summed E-state index contributed by atoms with van der Waals surface area (Å²) in [4.78, 5) is 21.8. The van der Waals surface area contributed by atoms with Gasteiger partial charge in [-0.05, 0) is 59.6 Å². The predicted octanol–water partition coefficient (Wildman–Crippen LogP) is 4.04. The van der Waals surface area contributed by atoms with Crippen LogP contribution in [0.1, 0.15) is 36.4 Å². The molecule has 154 valence electrons. The van der Waals surface area contributed by atoms with Gasteiger partial charge in [-0.1, -0.05) is 17.3 Å². The second-order valence-electron chi connectivity index (χ2n) is 7.44. The van der Waals surface area contributed by atoms with Gasteiger partial charge >= 0.3 is 6.18 Å². The van der Waals surface area contributed by atoms with Crippen molar-refractivity contribution in [2.45, 2.75) is 37.6 Å². The molecule has 0 aliphatic carbocycles. The molecule has 1 aromatic rings. The first-order valence-electron chi connectivity index (χ1n) is 9.17. The van der Waals surface area contributed by atoms with Gasteiger partial charge in [-0.2, -0.15) is 13.2 Å². The number of halogens is 4. The fourth-order valence-electron chi connectivity index (χ4n) is 3.78. The third-order valence-electron chi connectivity index (χ3n) is 5.35. The lowest BCUT2D eigenvalue weighted by atomic mass is 9.88. The molecule has 5 nitrogen and oxygen atoms in total. The third kappa shape index (κ3) is 4.68. The molecule has 2 atom stereocenters. The Morgan fingerprint density at radius 3 is 2.32 bits per heavy atom. The summed E-state index contributed by atoms with van der Waals surface area (Å²) in [5, 5.41) is 3.94. The highest BCUT2D eigenvalue weighted by Gasteiger charge is 2.37. The molecule has 0 aromatic heterocycles. The Bertz CT molecular complexity index is 729. The molecule has 3 rings (SSSR count). The van der Waals surface area contributed by atoms with E-state index in [1.54, 1.807) is 14.1 Å². The Labute approximate surface area is 170 Å². The number of nitrogens with zero attached hydrogens (tertiary/aromatic N) is 3. The van der Waals surface area contributed by atoms with Crippen LogP contribution in [-0.2, 0) is 15.8 Å². The zero-order valence-electron chi connectivity index (χ0n) is 15.7. The lowest BCUT2D eigenvalue weighted by Crippen LogP contribution is -2.45. The summed E-state index contributed by atoms with van der Waals surface area (Å²) in [6.45, 7) is 1.35. The predicted molar refractivity (Wildman–Crippen MR) is 103 cm³/mol. The molecule has 1 aromatic carbocycles. The number of likely N-dealkylation sites (tertiary alicyclic amines) is 1. The summed E-state index contributed by atoms with van der Waals surface area (Å²) in [7, 11) is 3.32. The first-order chi connectivity index (χ1) is 13.2. The van der Waals surface area contributed by atoms with Crippen molar-refractivity contribution in [1.82, 2.24) is 9.80 Å². The van der Waals surface area contributed by atoms with E-state index in [0.717, 1.165) is 36.0 Å². The Hall–Kier alpha value is -1.61. The minimum Gasteiger partial charge on any atom is -0.391 e. The van der Waals surface area contributed by atoms with Gasteiger partial charge in [0.15, 0.2) is 0 Å². The Morgan fingerprint density at radius 1 is 1.25 bits per heavy atom. The number of carbonyl (C=O) groups is 1. The molecule has 9 heteroatoms. The quantitative estimate of drug-likeness (QED) is 0.679. The zero-order valence-corrected chi connectivity index (χ0v) is 17.3. The van der Waals surface area contributed by atoms with Crippen LogP contribution in [0.3, 0.4) is 0 Å². The zero-order chi connectivity index (χ0) is 20.5. The molecular weight excluding hydrogens is 439 g/mol. The van der Waals surface area contributed by atoms with Crippen molar-refractivity contribution < 1.29 is 22.8 Å². The molecule has 0 N–H and O–H groups in total. The molecule has 1 amide bonds. The van der Waals surface area contributed by atoms with Crippen LogP contribution < -0.4 is 0 Å². The number of benzene rings is 1. The largest absolute Gasteiger partial charge is 0.416 e. The topological polar surface area (TPSA) is 45.1 Å². The lowest BCUT2D eigenvalue weighted by Gasteiger charge is -2.39. The van der Waals surface area contributed by atoms with Crippen molar-refractivity contribution in [1.29, 1.82) is 0 Å². The maximum Gasteiger partial charge on any atom is 0.416 e. The van der Waals surface area contributed by atoms with Gasteiger partial charge < -0.3 is 9.74 Å². The number of hydrogen-bond donors (Lipinski definition) is 0. The molecule has 2 aliphatic rings. The first kappa shape index (κ1) is 21.1. The highest BCUT2D eigenvalue weighted by molar-refractivity contribution is 9.18. The monoisotopic (exact) mass is 461 g/mol. The van der Waals surface area contributed by atoms with E-state index in [9.17, 15) is 18.0 Å². The Balaban J connectivity index is 1.73. The molecule has 1 unspecified atom stereocenters. The van der Waals surface area contributed by atoms with Crippen LogP contribution in [0.15, 0.2) is 29.4 Å².